The highest BCUT2D eigenvalue weighted by Crippen LogP contribution is 2.14. The molecule has 1 aromatic carbocycles. The summed E-state index contributed by atoms with van der Waals surface area (Å²) in [6.45, 7) is 1.37. The molecule has 102 valence electrons. The number of aliphatic carboxylic acids is 1. The van der Waals surface area contributed by atoms with Crippen LogP contribution in [-0.4, -0.2) is 41.5 Å². The molecule has 1 heterocycles. The molecule has 6 heteroatoms. The van der Waals surface area contributed by atoms with Crippen molar-refractivity contribution >= 4 is 11.9 Å². The third-order valence-corrected chi connectivity index (χ3v) is 3.08. The maximum Gasteiger partial charge on any atom is 0.309 e. The normalized spacial score (nSPS) is 15.8. The maximum absolute atomic E-state index is 12.7. The minimum atomic E-state index is -0.817. The van der Waals surface area contributed by atoms with Crippen LogP contribution in [0, 0.1) is 11.7 Å². The number of carboxylic acid groups (broad SMARTS) is 1. The fraction of sp³-hybridized carbons (Fsp3) is 0.385. The topological polar surface area (TPSA) is 69.6 Å². The van der Waals surface area contributed by atoms with Gasteiger partial charge in [0, 0.05) is 19.6 Å². The number of hydrogen-bond donors (Lipinski definition) is 2. The predicted molar refractivity (Wildman–Crippen MR) is 65.8 cm³/mol. The van der Waals surface area contributed by atoms with Crippen LogP contribution >= 0.6 is 0 Å². The number of amides is 1. The van der Waals surface area contributed by atoms with Crippen LogP contribution in [0.1, 0.15) is 5.56 Å². The lowest BCUT2D eigenvalue weighted by Gasteiger charge is -2.35. The number of nitrogens with zero attached hydrogens (tertiary/aromatic N) is 1. The Morgan fingerprint density at radius 1 is 1.32 bits per heavy atom. The highest BCUT2D eigenvalue weighted by molar-refractivity contribution is 5.79. The van der Waals surface area contributed by atoms with Gasteiger partial charge in [0.2, 0.25) is 5.91 Å². The third kappa shape index (κ3) is 3.75. The van der Waals surface area contributed by atoms with Crippen molar-refractivity contribution in [3.05, 3.63) is 35.6 Å². The van der Waals surface area contributed by atoms with Crippen LogP contribution < -0.4 is 5.32 Å². The molecule has 0 bridgehead atoms. The predicted octanol–water partition coefficient (Wildman–Crippen LogP) is 0.458. The lowest BCUT2D eigenvalue weighted by atomic mass is 10.0. The van der Waals surface area contributed by atoms with E-state index >= 15 is 0 Å². The van der Waals surface area contributed by atoms with Gasteiger partial charge in [-0.2, -0.15) is 0 Å². The minimum absolute atomic E-state index is 0.159. The van der Waals surface area contributed by atoms with E-state index in [1.54, 1.807) is 17.0 Å². The zero-order valence-electron chi connectivity index (χ0n) is 10.3. The van der Waals surface area contributed by atoms with Gasteiger partial charge in [-0.25, -0.2) is 4.39 Å². The van der Waals surface area contributed by atoms with E-state index < -0.39 is 5.97 Å². The molecule has 19 heavy (non-hydrogen) atoms. The SMILES string of the molecule is O=C(CN1CC(C(=O)O)C1)NCc1ccc(F)cc1. The van der Waals surface area contributed by atoms with Gasteiger partial charge in [0.15, 0.2) is 0 Å². The lowest BCUT2D eigenvalue weighted by molar-refractivity contribution is -0.148. The van der Waals surface area contributed by atoms with Crippen molar-refractivity contribution in [3.8, 4) is 0 Å². The molecular formula is C13H15FN2O3. The summed E-state index contributed by atoms with van der Waals surface area (Å²) in [6.07, 6.45) is 0. The summed E-state index contributed by atoms with van der Waals surface area (Å²) in [5.74, 6) is -1.64. The molecule has 0 spiro atoms. The number of likely N-dealkylation sites (tertiary alicyclic amines) is 1. The van der Waals surface area contributed by atoms with Gasteiger partial charge in [-0.15, -0.1) is 0 Å². The number of carboxylic acids is 1. The summed E-state index contributed by atoms with van der Waals surface area (Å²) in [5, 5.41) is 11.4. The van der Waals surface area contributed by atoms with Crippen molar-refractivity contribution in [3.63, 3.8) is 0 Å². The van der Waals surface area contributed by atoms with Crippen LogP contribution in [0.4, 0.5) is 4.39 Å². The number of nitrogens with one attached hydrogen (secondary N) is 1. The van der Waals surface area contributed by atoms with E-state index in [1.807, 2.05) is 0 Å². The van der Waals surface area contributed by atoms with Crippen molar-refractivity contribution in [2.45, 2.75) is 6.54 Å². The van der Waals surface area contributed by atoms with Crippen LogP contribution in [-0.2, 0) is 16.1 Å². The van der Waals surface area contributed by atoms with Crippen LogP contribution in [0.15, 0.2) is 24.3 Å². The molecule has 2 N–H and O–H groups in total. The summed E-state index contributed by atoms with van der Waals surface area (Å²) in [5.41, 5.74) is 0.821. The van der Waals surface area contributed by atoms with Gasteiger partial charge >= 0.3 is 5.97 Å². The highest BCUT2D eigenvalue weighted by Gasteiger charge is 2.33. The first-order valence-corrected chi connectivity index (χ1v) is 6.01. The Bertz CT molecular complexity index is 469. The number of benzene rings is 1. The van der Waals surface area contributed by atoms with Gasteiger partial charge in [-0.1, -0.05) is 12.1 Å². The Balaban J connectivity index is 1.68. The van der Waals surface area contributed by atoms with E-state index in [0.29, 0.717) is 19.6 Å². The molecule has 0 unspecified atom stereocenters. The van der Waals surface area contributed by atoms with Crippen molar-refractivity contribution in [1.82, 2.24) is 10.2 Å². The summed E-state index contributed by atoms with van der Waals surface area (Å²) >= 11 is 0. The highest BCUT2D eigenvalue weighted by atomic mass is 19.1. The van der Waals surface area contributed by atoms with Crippen molar-refractivity contribution in [2.24, 2.45) is 5.92 Å². The standard InChI is InChI=1S/C13H15FN2O3/c14-11-3-1-9(2-4-11)5-15-12(17)8-16-6-10(7-16)13(18)19/h1-4,10H,5-8H2,(H,15,17)(H,18,19). The van der Waals surface area contributed by atoms with Crippen LogP contribution in [0.5, 0.6) is 0 Å². The first-order chi connectivity index (χ1) is 9.04. The van der Waals surface area contributed by atoms with E-state index in [1.165, 1.54) is 12.1 Å². The van der Waals surface area contributed by atoms with Crippen LogP contribution in [0.2, 0.25) is 0 Å². The molecule has 0 aliphatic carbocycles. The third-order valence-electron chi connectivity index (χ3n) is 3.08. The second-order valence-corrected chi connectivity index (χ2v) is 4.63. The van der Waals surface area contributed by atoms with Gasteiger partial charge in [0.1, 0.15) is 5.82 Å². The number of halogens is 1. The zero-order valence-corrected chi connectivity index (χ0v) is 10.3. The molecule has 2 rings (SSSR count). The molecule has 0 aromatic heterocycles. The second kappa shape index (κ2) is 5.79. The Hall–Kier alpha value is -1.95. The average molecular weight is 266 g/mol. The fourth-order valence-electron chi connectivity index (χ4n) is 1.92. The van der Waals surface area contributed by atoms with Gasteiger partial charge < -0.3 is 10.4 Å². The summed E-state index contributed by atoms with van der Waals surface area (Å²) in [6, 6.07) is 5.90. The zero-order chi connectivity index (χ0) is 13.8. The smallest absolute Gasteiger partial charge is 0.309 e. The van der Waals surface area contributed by atoms with Crippen molar-refractivity contribution in [1.29, 1.82) is 0 Å². The molecule has 1 aromatic rings. The monoisotopic (exact) mass is 266 g/mol. The van der Waals surface area contributed by atoms with Crippen molar-refractivity contribution in [2.75, 3.05) is 19.6 Å². The number of hydrogen-bond acceptors (Lipinski definition) is 3. The van der Waals surface area contributed by atoms with Crippen LogP contribution in [0.25, 0.3) is 0 Å². The molecular weight excluding hydrogens is 251 g/mol. The molecule has 1 aliphatic rings. The Labute approximate surface area is 110 Å². The molecule has 0 radical (unpaired) electrons. The first-order valence-electron chi connectivity index (χ1n) is 6.01. The van der Waals surface area contributed by atoms with E-state index in [0.717, 1.165) is 5.56 Å². The molecule has 1 amide bonds. The Morgan fingerprint density at radius 2 is 1.95 bits per heavy atom. The minimum Gasteiger partial charge on any atom is -0.481 e. The summed E-state index contributed by atoms with van der Waals surface area (Å²) < 4.78 is 12.7. The number of rotatable bonds is 5. The quantitative estimate of drug-likeness (QED) is 0.812. The van der Waals surface area contributed by atoms with Gasteiger partial charge in [-0.05, 0) is 17.7 Å². The molecule has 0 atom stereocenters. The van der Waals surface area contributed by atoms with E-state index in [-0.39, 0.29) is 24.2 Å². The van der Waals surface area contributed by atoms with Crippen LogP contribution in [0.3, 0.4) is 0 Å². The van der Waals surface area contributed by atoms with Gasteiger partial charge in [0.25, 0.3) is 0 Å². The van der Waals surface area contributed by atoms with Crippen molar-refractivity contribution < 1.29 is 19.1 Å². The van der Waals surface area contributed by atoms with Gasteiger partial charge in [-0.3, -0.25) is 14.5 Å². The maximum atomic E-state index is 12.7. The summed E-state index contributed by atoms with van der Waals surface area (Å²) in [4.78, 5) is 24.0. The summed E-state index contributed by atoms with van der Waals surface area (Å²) in [7, 11) is 0. The van der Waals surface area contributed by atoms with E-state index in [9.17, 15) is 14.0 Å². The Kier molecular flexibility index (Phi) is 4.11. The first kappa shape index (κ1) is 13.5. The Morgan fingerprint density at radius 3 is 2.53 bits per heavy atom. The van der Waals surface area contributed by atoms with E-state index in [4.69, 9.17) is 5.11 Å². The van der Waals surface area contributed by atoms with E-state index in [2.05, 4.69) is 5.32 Å². The number of carbonyl (C=O) groups excluding carboxylic acids is 1. The molecule has 5 nitrogen and oxygen atoms in total. The second-order valence-electron chi connectivity index (χ2n) is 4.63. The largest absolute Gasteiger partial charge is 0.481 e. The lowest BCUT2D eigenvalue weighted by Crippen LogP contribution is -2.53. The fourth-order valence-corrected chi connectivity index (χ4v) is 1.92. The molecule has 0 saturated carbocycles. The van der Waals surface area contributed by atoms with Gasteiger partial charge in [0.05, 0.1) is 12.5 Å². The average Bonchev–Trinajstić information content (AvgIpc) is 2.32. The number of carbonyl (C=O) groups is 2. The molecule has 1 fully saturated rings. The molecule has 1 aliphatic heterocycles. The molecule has 1 saturated heterocycles.